The molecule has 0 spiro atoms. The normalized spacial score (nSPS) is 11.4. The molecule has 0 bridgehead atoms. The molecular formula is C11H11Cl2F3N2O2. The summed E-state index contributed by atoms with van der Waals surface area (Å²) in [7, 11) is 0. The summed E-state index contributed by atoms with van der Waals surface area (Å²) in [6, 6.07) is 2.67. The minimum absolute atomic E-state index is 0.0798. The number of carbonyl (C=O) groups excluding carboxylic acids is 1. The van der Waals surface area contributed by atoms with Gasteiger partial charge < -0.3 is 10.1 Å². The van der Waals surface area contributed by atoms with E-state index >= 15 is 0 Å². The number of pyridine rings is 1. The lowest BCUT2D eigenvalue weighted by molar-refractivity contribution is -0.173. The van der Waals surface area contributed by atoms with Gasteiger partial charge >= 0.3 is 6.18 Å². The number of alkyl halides is 3. The maximum Gasteiger partial charge on any atom is 0.411 e. The van der Waals surface area contributed by atoms with Gasteiger partial charge in [0.25, 0.3) is 5.91 Å². The third-order valence-electron chi connectivity index (χ3n) is 2.04. The molecule has 20 heavy (non-hydrogen) atoms. The average Bonchev–Trinajstić information content (AvgIpc) is 2.30. The third kappa shape index (κ3) is 6.93. The van der Waals surface area contributed by atoms with Gasteiger partial charge in [0.2, 0.25) is 0 Å². The van der Waals surface area contributed by atoms with Gasteiger partial charge in [0.05, 0.1) is 0 Å². The summed E-state index contributed by atoms with van der Waals surface area (Å²) in [5.41, 5.74) is 0.228. The molecule has 1 aromatic heterocycles. The van der Waals surface area contributed by atoms with Crippen LogP contribution in [0.2, 0.25) is 10.3 Å². The van der Waals surface area contributed by atoms with E-state index in [9.17, 15) is 18.0 Å². The molecule has 1 aromatic rings. The molecule has 9 heteroatoms. The van der Waals surface area contributed by atoms with E-state index in [4.69, 9.17) is 23.2 Å². The lowest BCUT2D eigenvalue weighted by Gasteiger charge is -2.08. The second-order valence-electron chi connectivity index (χ2n) is 3.78. The average molecular weight is 331 g/mol. The molecule has 0 aliphatic carbocycles. The van der Waals surface area contributed by atoms with Gasteiger partial charge in [-0.1, -0.05) is 23.2 Å². The molecule has 0 aliphatic heterocycles. The van der Waals surface area contributed by atoms with E-state index in [1.165, 1.54) is 12.1 Å². The Morgan fingerprint density at radius 1 is 1.30 bits per heavy atom. The van der Waals surface area contributed by atoms with Gasteiger partial charge in [-0.25, -0.2) is 4.98 Å². The smallest absolute Gasteiger partial charge is 0.372 e. The number of hydrogen-bond donors (Lipinski definition) is 1. The Balaban J connectivity index is 2.27. The van der Waals surface area contributed by atoms with Crippen molar-refractivity contribution in [2.24, 2.45) is 0 Å². The molecule has 0 saturated carbocycles. The molecule has 0 saturated heterocycles. The largest absolute Gasteiger partial charge is 0.411 e. The minimum Gasteiger partial charge on any atom is -0.372 e. The van der Waals surface area contributed by atoms with Crippen molar-refractivity contribution in [2.45, 2.75) is 12.6 Å². The van der Waals surface area contributed by atoms with Crippen LogP contribution in [-0.2, 0) is 4.74 Å². The van der Waals surface area contributed by atoms with Gasteiger partial charge in [0.1, 0.15) is 16.9 Å². The Bertz CT molecular complexity index is 449. The van der Waals surface area contributed by atoms with Crippen LogP contribution in [0.1, 0.15) is 16.8 Å². The molecule has 112 valence electrons. The molecule has 1 heterocycles. The van der Waals surface area contributed by atoms with Crippen LogP contribution in [0.5, 0.6) is 0 Å². The fourth-order valence-electron chi connectivity index (χ4n) is 1.26. The van der Waals surface area contributed by atoms with E-state index in [1.807, 2.05) is 0 Å². The van der Waals surface area contributed by atoms with Crippen molar-refractivity contribution in [3.8, 4) is 0 Å². The van der Waals surface area contributed by atoms with E-state index in [0.717, 1.165) is 0 Å². The predicted molar refractivity (Wildman–Crippen MR) is 68.1 cm³/mol. The molecule has 1 rings (SSSR count). The summed E-state index contributed by atoms with van der Waals surface area (Å²) in [5.74, 6) is -0.438. The van der Waals surface area contributed by atoms with Crippen LogP contribution < -0.4 is 5.32 Å². The summed E-state index contributed by atoms with van der Waals surface area (Å²) in [5, 5.41) is 2.67. The zero-order chi connectivity index (χ0) is 15.2. The van der Waals surface area contributed by atoms with Gasteiger partial charge in [0.15, 0.2) is 0 Å². The second-order valence-corrected chi connectivity index (χ2v) is 4.55. The fourth-order valence-corrected chi connectivity index (χ4v) is 1.72. The highest BCUT2D eigenvalue weighted by Gasteiger charge is 2.27. The number of halogens is 5. The zero-order valence-electron chi connectivity index (χ0n) is 10.1. The van der Waals surface area contributed by atoms with Crippen LogP contribution in [0.25, 0.3) is 0 Å². The highest BCUT2D eigenvalue weighted by Crippen LogP contribution is 2.15. The standard InChI is InChI=1S/C11H11Cl2F3N2O2/c12-8-4-7(5-9(13)18-8)10(19)17-2-1-3-20-6-11(14,15)16/h4-5H,1-3,6H2,(H,17,19). The van der Waals surface area contributed by atoms with Gasteiger partial charge in [-0.2, -0.15) is 13.2 Å². The van der Waals surface area contributed by atoms with Crippen molar-refractivity contribution in [2.75, 3.05) is 19.8 Å². The van der Waals surface area contributed by atoms with Crippen LogP contribution in [0.4, 0.5) is 13.2 Å². The Morgan fingerprint density at radius 3 is 2.45 bits per heavy atom. The van der Waals surface area contributed by atoms with Crippen LogP contribution in [0.3, 0.4) is 0 Å². The van der Waals surface area contributed by atoms with Gasteiger partial charge in [0, 0.05) is 18.7 Å². The summed E-state index contributed by atoms with van der Waals surface area (Å²) in [6.45, 7) is -1.22. The van der Waals surface area contributed by atoms with Crippen molar-refractivity contribution >= 4 is 29.1 Å². The zero-order valence-corrected chi connectivity index (χ0v) is 11.6. The summed E-state index contributed by atoms with van der Waals surface area (Å²) in [4.78, 5) is 15.3. The Morgan fingerprint density at radius 2 is 1.90 bits per heavy atom. The van der Waals surface area contributed by atoms with Gasteiger partial charge in [-0.15, -0.1) is 0 Å². The maximum atomic E-state index is 11.8. The van der Waals surface area contributed by atoms with Crippen LogP contribution >= 0.6 is 23.2 Å². The van der Waals surface area contributed by atoms with Crippen molar-refractivity contribution in [1.82, 2.24) is 10.3 Å². The topological polar surface area (TPSA) is 51.2 Å². The van der Waals surface area contributed by atoms with Gasteiger partial charge in [-0.3, -0.25) is 4.79 Å². The van der Waals surface area contributed by atoms with Crippen LogP contribution in [0.15, 0.2) is 12.1 Å². The molecule has 1 amide bonds. The number of rotatable bonds is 6. The van der Waals surface area contributed by atoms with E-state index in [2.05, 4.69) is 15.0 Å². The number of aromatic nitrogens is 1. The first-order chi connectivity index (χ1) is 9.28. The lowest BCUT2D eigenvalue weighted by Crippen LogP contribution is -2.26. The highest BCUT2D eigenvalue weighted by atomic mass is 35.5. The number of nitrogens with one attached hydrogen (secondary N) is 1. The Labute approximate surface area is 123 Å². The quantitative estimate of drug-likeness (QED) is 0.644. The highest BCUT2D eigenvalue weighted by molar-refractivity contribution is 6.33. The molecule has 0 atom stereocenters. The van der Waals surface area contributed by atoms with Crippen LogP contribution in [-0.4, -0.2) is 36.8 Å². The van der Waals surface area contributed by atoms with Crippen molar-refractivity contribution in [3.05, 3.63) is 28.0 Å². The second kappa shape index (κ2) is 7.66. The van der Waals surface area contributed by atoms with Crippen molar-refractivity contribution < 1.29 is 22.7 Å². The van der Waals surface area contributed by atoms with E-state index in [1.54, 1.807) is 0 Å². The number of nitrogens with zero attached hydrogens (tertiary/aromatic N) is 1. The van der Waals surface area contributed by atoms with E-state index in [0.29, 0.717) is 0 Å². The van der Waals surface area contributed by atoms with E-state index in [-0.39, 0.29) is 35.4 Å². The number of carbonyl (C=O) groups is 1. The number of amides is 1. The van der Waals surface area contributed by atoms with Crippen LogP contribution in [0, 0.1) is 0 Å². The minimum atomic E-state index is -4.34. The predicted octanol–water partition coefficient (Wildman–Crippen LogP) is 3.09. The number of ether oxygens (including phenoxy) is 1. The molecular weight excluding hydrogens is 320 g/mol. The molecule has 1 N–H and O–H groups in total. The van der Waals surface area contributed by atoms with Gasteiger partial charge in [-0.05, 0) is 18.6 Å². The summed E-state index contributed by atoms with van der Waals surface area (Å²) < 4.78 is 39.7. The molecule has 0 unspecified atom stereocenters. The first kappa shape index (κ1) is 17.0. The molecule has 0 radical (unpaired) electrons. The summed E-state index contributed by atoms with van der Waals surface area (Å²) >= 11 is 11.3. The number of hydrogen-bond acceptors (Lipinski definition) is 3. The molecule has 0 aromatic carbocycles. The molecule has 0 fully saturated rings. The maximum absolute atomic E-state index is 11.8. The third-order valence-corrected chi connectivity index (χ3v) is 2.43. The fraction of sp³-hybridized carbons (Fsp3) is 0.455. The molecule has 4 nitrogen and oxygen atoms in total. The van der Waals surface area contributed by atoms with E-state index < -0.39 is 18.7 Å². The Hall–Kier alpha value is -1.05. The monoisotopic (exact) mass is 330 g/mol. The lowest BCUT2D eigenvalue weighted by atomic mass is 10.2. The Kier molecular flexibility index (Phi) is 6.51. The first-order valence-corrected chi connectivity index (χ1v) is 6.29. The first-order valence-electron chi connectivity index (χ1n) is 5.54. The molecule has 0 aliphatic rings. The van der Waals surface area contributed by atoms with Crippen molar-refractivity contribution in [3.63, 3.8) is 0 Å². The van der Waals surface area contributed by atoms with Crippen molar-refractivity contribution in [1.29, 1.82) is 0 Å². The summed E-state index contributed by atoms with van der Waals surface area (Å²) in [6.07, 6.45) is -4.08. The SMILES string of the molecule is O=C(NCCCOCC(F)(F)F)c1cc(Cl)nc(Cl)c1.